The quantitative estimate of drug-likeness (QED) is 0.194. The zero-order valence-corrected chi connectivity index (χ0v) is 25.7. The van der Waals surface area contributed by atoms with Crippen LogP contribution in [0.2, 0.25) is 0 Å². The Balaban J connectivity index is 1.65. The Morgan fingerprint density at radius 1 is 0.977 bits per heavy atom. The van der Waals surface area contributed by atoms with Crippen LogP contribution in [0.15, 0.2) is 69.6 Å². The van der Waals surface area contributed by atoms with Crippen molar-refractivity contribution < 1.29 is 23.9 Å². The zero-order valence-electron chi connectivity index (χ0n) is 24.8. The van der Waals surface area contributed by atoms with E-state index < -0.39 is 23.5 Å². The molecule has 5 rings (SSSR count). The van der Waals surface area contributed by atoms with Gasteiger partial charge in [0.2, 0.25) is 0 Å². The summed E-state index contributed by atoms with van der Waals surface area (Å²) in [4.78, 5) is 59.7. The van der Waals surface area contributed by atoms with Crippen molar-refractivity contribution in [2.75, 3.05) is 18.1 Å². The van der Waals surface area contributed by atoms with Crippen LogP contribution < -0.4 is 24.5 Å². The summed E-state index contributed by atoms with van der Waals surface area (Å²) in [7, 11) is 0. The van der Waals surface area contributed by atoms with Gasteiger partial charge >= 0.3 is 11.9 Å². The minimum Gasteiger partial charge on any atom is -0.463 e. The van der Waals surface area contributed by atoms with Gasteiger partial charge in [-0.25, -0.2) is 9.79 Å². The lowest BCUT2D eigenvalue weighted by molar-refractivity contribution is -0.139. The van der Waals surface area contributed by atoms with Gasteiger partial charge in [0.05, 0.1) is 35.2 Å². The molecule has 3 heterocycles. The Hall–Kier alpha value is -4.31. The van der Waals surface area contributed by atoms with E-state index in [-0.39, 0.29) is 22.6 Å². The molecule has 0 radical (unpaired) electrons. The van der Waals surface area contributed by atoms with Crippen LogP contribution in [-0.4, -0.2) is 35.6 Å². The van der Waals surface area contributed by atoms with Crippen molar-refractivity contribution in [2.24, 2.45) is 4.99 Å². The second-order valence-corrected chi connectivity index (χ2v) is 11.5. The number of esters is 2. The van der Waals surface area contributed by atoms with Gasteiger partial charge in [-0.3, -0.25) is 19.0 Å². The molecule has 43 heavy (non-hydrogen) atoms. The predicted octanol–water partition coefficient (Wildman–Crippen LogP) is 4.41. The molecule has 0 N–H and O–H groups in total. The first-order valence-corrected chi connectivity index (χ1v) is 15.5. The number of aromatic nitrogens is 1. The highest BCUT2D eigenvalue weighted by molar-refractivity contribution is 7.07. The van der Waals surface area contributed by atoms with Crippen LogP contribution in [0.3, 0.4) is 0 Å². The van der Waals surface area contributed by atoms with Crippen LogP contribution in [0.1, 0.15) is 77.0 Å². The number of benzene rings is 2. The summed E-state index contributed by atoms with van der Waals surface area (Å²) in [5.41, 5.74) is 2.73. The molecule has 0 bridgehead atoms. The predicted molar refractivity (Wildman–Crippen MR) is 165 cm³/mol. The van der Waals surface area contributed by atoms with Gasteiger partial charge in [0.1, 0.15) is 10.3 Å². The van der Waals surface area contributed by atoms with Gasteiger partial charge < -0.3 is 14.4 Å². The first-order valence-electron chi connectivity index (χ1n) is 14.7. The van der Waals surface area contributed by atoms with Crippen LogP contribution in [-0.2, 0) is 19.1 Å². The van der Waals surface area contributed by atoms with E-state index in [9.17, 15) is 19.2 Å². The smallest absolute Gasteiger partial charge is 0.338 e. The summed E-state index contributed by atoms with van der Waals surface area (Å²) in [6, 6.07) is 13.3. The van der Waals surface area contributed by atoms with Crippen molar-refractivity contribution in [1.29, 1.82) is 0 Å². The van der Waals surface area contributed by atoms with Gasteiger partial charge in [-0.1, -0.05) is 74.3 Å². The number of para-hydroxylation sites is 1. The summed E-state index contributed by atoms with van der Waals surface area (Å²) in [6.45, 7) is 7.64. The molecule has 9 nitrogen and oxygen atoms in total. The van der Waals surface area contributed by atoms with E-state index in [1.165, 1.54) is 11.5 Å². The van der Waals surface area contributed by atoms with Crippen LogP contribution in [0.25, 0.3) is 5.57 Å². The van der Waals surface area contributed by atoms with E-state index >= 15 is 0 Å². The molecule has 2 aromatic carbocycles. The number of carbonyl (C=O) groups excluding carboxylic acids is 3. The SMILES string of the molecule is CCCCCCCN1C(=O)/C(=c2\sc3n(c2=O)[C@H](c2ccc(OC(C)=O)cc2)C(C(=O)OCC)=C(C)N=3)c2ccccc21. The van der Waals surface area contributed by atoms with Gasteiger partial charge in [0.15, 0.2) is 4.80 Å². The molecule has 0 unspecified atom stereocenters. The maximum atomic E-state index is 14.3. The third-order valence-corrected chi connectivity index (χ3v) is 8.64. The number of hydrogen-bond acceptors (Lipinski definition) is 8. The van der Waals surface area contributed by atoms with Crippen LogP contribution in [0, 0.1) is 0 Å². The van der Waals surface area contributed by atoms with Gasteiger partial charge in [-0.15, -0.1) is 0 Å². The largest absolute Gasteiger partial charge is 0.463 e. The number of unbranched alkanes of at least 4 members (excludes halogenated alkanes) is 4. The Kier molecular flexibility index (Phi) is 9.05. The number of fused-ring (bicyclic) bond motifs is 2. The van der Waals surface area contributed by atoms with Crippen LogP contribution >= 0.6 is 11.3 Å². The molecule has 0 saturated carbocycles. The third-order valence-electron chi connectivity index (χ3n) is 7.59. The lowest BCUT2D eigenvalue weighted by Gasteiger charge is -2.24. The highest BCUT2D eigenvalue weighted by Gasteiger charge is 2.37. The zero-order chi connectivity index (χ0) is 30.7. The van der Waals surface area contributed by atoms with Crippen molar-refractivity contribution in [3.05, 3.63) is 90.6 Å². The molecule has 2 aliphatic heterocycles. The van der Waals surface area contributed by atoms with Crippen molar-refractivity contribution in [3.63, 3.8) is 0 Å². The molecule has 1 atom stereocenters. The Bertz CT molecular complexity index is 1780. The van der Waals surface area contributed by atoms with Crippen molar-refractivity contribution >= 4 is 40.4 Å². The normalized spacial score (nSPS) is 17.0. The van der Waals surface area contributed by atoms with Crippen molar-refractivity contribution in [2.45, 2.75) is 65.8 Å². The van der Waals surface area contributed by atoms with Gasteiger partial charge in [0.25, 0.3) is 11.5 Å². The van der Waals surface area contributed by atoms with E-state index in [1.54, 1.807) is 43.0 Å². The van der Waals surface area contributed by atoms with Crippen molar-refractivity contribution in [1.82, 2.24) is 4.57 Å². The first kappa shape index (κ1) is 30.2. The summed E-state index contributed by atoms with van der Waals surface area (Å²) in [5.74, 6) is -0.897. The molecule has 0 aliphatic carbocycles. The topological polar surface area (TPSA) is 107 Å². The highest BCUT2D eigenvalue weighted by atomic mass is 32.1. The molecule has 0 spiro atoms. The molecular weight excluding hydrogens is 566 g/mol. The third kappa shape index (κ3) is 5.84. The number of allylic oxidation sites excluding steroid dienone is 1. The average molecular weight is 602 g/mol. The summed E-state index contributed by atoms with van der Waals surface area (Å²) >= 11 is 1.15. The lowest BCUT2D eigenvalue weighted by atomic mass is 9.96. The molecule has 224 valence electrons. The highest BCUT2D eigenvalue weighted by Crippen LogP contribution is 2.36. The first-order chi connectivity index (χ1) is 20.8. The Labute approximate surface area is 253 Å². The number of carbonyl (C=O) groups is 3. The van der Waals surface area contributed by atoms with E-state index in [0.717, 1.165) is 54.7 Å². The number of nitrogens with zero attached hydrogens (tertiary/aromatic N) is 3. The molecule has 3 aromatic rings. The number of thiazole rings is 1. The summed E-state index contributed by atoms with van der Waals surface area (Å²) < 4.78 is 12.3. The van der Waals surface area contributed by atoms with Crippen LogP contribution in [0.4, 0.5) is 5.69 Å². The Morgan fingerprint density at radius 3 is 2.40 bits per heavy atom. The number of hydrogen-bond donors (Lipinski definition) is 0. The maximum Gasteiger partial charge on any atom is 0.338 e. The molecule has 2 aliphatic rings. The number of ether oxygens (including phenoxy) is 2. The van der Waals surface area contributed by atoms with Gasteiger partial charge in [0, 0.05) is 19.0 Å². The Morgan fingerprint density at radius 2 is 1.70 bits per heavy atom. The fourth-order valence-electron chi connectivity index (χ4n) is 5.64. The van der Waals surface area contributed by atoms with E-state index in [0.29, 0.717) is 33.9 Å². The average Bonchev–Trinajstić information content (AvgIpc) is 3.44. The van der Waals surface area contributed by atoms with E-state index in [1.807, 2.05) is 24.3 Å². The molecule has 0 saturated heterocycles. The van der Waals surface area contributed by atoms with E-state index in [2.05, 4.69) is 11.9 Å². The second-order valence-electron chi connectivity index (χ2n) is 10.5. The summed E-state index contributed by atoms with van der Waals surface area (Å²) in [5, 5.41) is 0. The second kappa shape index (κ2) is 12.9. The van der Waals surface area contributed by atoms with Crippen LogP contribution in [0.5, 0.6) is 5.75 Å². The number of anilines is 1. The monoisotopic (exact) mass is 601 g/mol. The fraction of sp³-hybridized carbons (Fsp3) is 0.364. The standard InChI is InChI=1S/C33H35N3O6S/c1-5-7-8-9-12-19-35-25-14-11-10-13-24(25)27(30(35)38)29-31(39)36-28(22-15-17-23(18-16-22)42-21(4)37)26(32(40)41-6-2)20(3)34-33(36)43-29/h10-11,13-18,28H,5-9,12,19H2,1-4H3/b29-27-/t28-/m1/s1. The van der Waals surface area contributed by atoms with Gasteiger partial charge in [-0.05, 0) is 44.0 Å². The number of amides is 1. The molecule has 0 fully saturated rings. The number of rotatable bonds is 10. The molecule has 1 amide bonds. The maximum absolute atomic E-state index is 14.3. The lowest BCUT2D eigenvalue weighted by Crippen LogP contribution is -2.41. The fourth-order valence-corrected chi connectivity index (χ4v) is 6.77. The minimum absolute atomic E-state index is 0.155. The molecule has 10 heteroatoms. The van der Waals surface area contributed by atoms with E-state index in [4.69, 9.17) is 9.47 Å². The molecule has 1 aromatic heterocycles. The summed E-state index contributed by atoms with van der Waals surface area (Å²) in [6.07, 6.45) is 5.34. The van der Waals surface area contributed by atoms with Gasteiger partial charge in [-0.2, -0.15) is 0 Å². The minimum atomic E-state index is -0.850. The van der Waals surface area contributed by atoms with Crippen molar-refractivity contribution in [3.8, 4) is 5.75 Å². The molecular formula is C33H35N3O6S.